The maximum atomic E-state index is 12.2. The molecule has 0 saturated carbocycles. The molecule has 27 heavy (non-hydrogen) atoms. The molecule has 2 aliphatic heterocycles. The largest absolute Gasteiger partial charge is 0.315 e. The molecule has 0 bridgehead atoms. The number of hydrogen-bond donors (Lipinski definition) is 0. The highest BCUT2D eigenvalue weighted by molar-refractivity contribution is 8.13. The van der Waals surface area contributed by atoms with Crippen LogP contribution in [0, 0.1) is 20.8 Å². The minimum Gasteiger partial charge on any atom is -0.315 e. The first-order chi connectivity index (χ1) is 12.8. The number of amidine groups is 1. The first kappa shape index (κ1) is 18.6. The first-order valence-corrected chi connectivity index (χ1v) is 12.0. The van der Waals surface area contributed by atoms with Crippen molar-refractivity contribution >= 4 is 32.5 Å². The molecule has 0 radical (unpaired) electrons. The summed E-state index contributed by atoms with van der Waals surface area (Å²) in [5.41, 5.74) is 5.89. The monoisotopic (exact) mass is 400 g/mol. The highest BCUT2D eigenvalue weighted by Crippen LogP contribution is 2.37. The van der Waals surface area contributed by atoms with Gasteiger partial charge >= 0.3 is 0 Å². The van der Waals surface area contributed by atoms with Gasteiger partial charge in [0.25, 0.3) is 0 Å². The van der Waals surface area contributed by atoms with E-state index >= 15 is 0 Å². The van der Waals surface area contributed by atoms with Crippen molar-refractivity contribution < 1.29 is 8.42 Å². The Morgan fingerprint density at radius 2 is 1.74 bits per heavy atom. The van der Waals surface area contributed by atoms with Crippen LogP contribution in [0.25, 0.3) is 0 Å². The van der Waals surface area contributed by atoms with Crippen LogP contribution in [0.3, 0.4) is 0 Å². The molecule has 0 spiro atoms. The highest BCUT2D eigenvalue weighted by atomic mass is 32.2. The predicted molar refractivity (Wildman–Crippen MR) is 115 cm³/mol. The van der Waals surface area contributed by atoms with Crippen molar-refractivity contribution in [3.05, 3.63) is 64.7 Å². The number of rotatable bonds is 3. The molecule has 0 aromatic heterocycles. The lowest BCUT2D eigenvalue weighted by Gasteiger charge is -2.28. The van der Waals surface area contributed by atoms with Gasteiger partial charge in [0.05, 0.1) is 23.6 Å². The normalized spacial score (nSPS) is 23.4. The van der Waals surface area contributed by atoms with Crippen LogP contribution < -0.4 is 4.90 Å². The summed E-state index contributed by atoms with van der Waals surface area (Å²) in [6.07, 6.45) is 0. The summed E-state index contributed by atoms with van der Waals surface area (Å²) in [5, 5.41) is 0.939. The molecular weight excluding hydrogens is 376 g/mol. The molecule has 2 atom stereocenters. The minimum atomic E-state index is -3.02. The Balaban J connectivity index is 1.65. The molecule has 4 nitrogen and oxygen atoms in total. The molecular formula is C21H24N2O2S2. The molecule has 0 N–H and O–H groups in total. The number of aryl methyl sites for hydroxylation is 3. The molecule has 1 fully saturated rings. The smallest absolute Gasteiger partial charge is 0.164 e. The van der Waals surface area contributed by atoms with E-state index in [1.54, 1.807) is 11.8 Å². The van der Waals surface area contributed by atoms with Crippen LogP contribution >= 0.6 is 11.8 Å². The number of thioether (sulfide) groups is 1. The van der Waals surface area contributed by atoms with E-state index in [9.17, 15) is 8.42 Å². The van der Waals surface area contributed by atoms with Gasteiger partial charge in [0.2, 0.25) is 0 Å². The second-order valence-electron chi connectivity index (χ2n) is 7.56. The SMILES string of the molecule is Cc1ccc(CSC2=N[C@H]3CS(=O)(=O)C[C@@H]3N2c2cc(C)ccc2C)cc1. The minimum absolute atomic E-state index is 0.0870. The van der Waals surface area contributed by atoms with Crippen molar-refractivity contribution in [3.63, 3.8) is 0 Å². The third-order valence-corrected chi connectivity index (χ3v) is 7.96. The summed E-state index contributed by atoms with van der Waals surface area (Å²) < 4.78 is 24.4. The van der Waals surface area contributed by atoms with Crippen molar-refractivity contribution in [1.82, 2.24) is 0 Å². The van der Waals surface area contributed by atoms with E-state index in [1.165, 1.54) is 16.7 Å². The van der Waals surface area contributed by atoms with Crippen LogP contribution in [0.2, 0.25) is 0 Å². The Kier molecular flexibility index (Phi) is 4.80. The Morgan fingerprint density at radius 1 is 1.04 bits per heavy atom. The van der Waals surface area contributed by atoms with Crippen molar-refractivity contribution in [3.8, 4) is 0 Å². The summed E-state index contributed by atoms with van der Waals surface area (Å²) in [4.78, 5) is 7.01. The number of aliphatic imine (C=N–C) groups is 1. The Bertz CT molecular complexity index is 997. The van der Waals surface area contributed by atoms with Crippen molar-refractivity contribution in [2.45, 2.75) is 38.6 Å². The molecule has 0 aliphatic carbocycles. The average Bonchev–Trinajstić information content (AvgIpc) is 3.08. The third kappa shape index (κ3) is 3.78. The van der Waals surface area contributed by atoms with Gasteiger partial charge in [-0.15, -0.1) is 0 Å². The van der Waals surface area contributed by atoms with Crippen LogP contribution in [0.5, 0.6) is 0 Å². The summed E-state index contributed by atoms with van der Waals surface area (Å²) in [6, 6.07) is 14.6. The van der Waals surface area contributed by atoms with Crippen LogP contribution in [-0.4, -0.2) is 37.2 Å². The fourth-order valence-corrected chi connectivity index (χ4v) is 6.64. The van der Waals surface area contributed by atoms with Gasteiger partial charge in [-0.1, -0.05) is 53.7 Å². The van der Waals surface area contributed by atoms with Gasteiger partial charge in [-0.3, -0.25) is 4.99 Å². The Morgan fingerprint density at radius 3 is 2.48 bits per heavy atom. The van der Waals surface area contributed by atoms with Crippen LogP contribution in [0.1, 0.15) is 22.3 Å². The number of nitrogens with zero attached hydrogens (tertiary/aromatic N) is 2. The third-order valence-electron chi connectivity index (χ3n) is 5.22. The lowest BCUT2D eigenvalue weighted by Crippen LogP contribution is -2.39. The summed E-state index contributed by atoms with van der Waals surface area (Å²) >= 11 is 1.70. The predicted octanol–water partition coefficient (Wildman–Crippen LogP) is 3.89. The van der Waals surface area contributed by atoms with E-state index in [-0.39, 0.29) is 23.6 Å². The lowest BCUT2D eigenvalue weighted by molar-refractivity contribution is 0.601. The van der Waals surface area contributed by atoms with E-state index in [2.05, 4.69) is 68.1 Å². The topological polar surface area (TPSA) is 49.7 Å². The van der Waals surface area contributed by atoms with Crippen LogP contribution in [0.15, 0.2) is 47.5 Å². The van der Waals surface area contributed by atoms with Crippen LogP contribution in [0.4, 0.5) is 5.69 Å². The second kappa shape index (κ2) is 6.99. The zero-order valence-electron chi connectivity index (χ0n) is 15.8. The van der Waals surface area contributed by atoms with Crippen molar-refractivity contribution in [2.75, 3.05) is 16.4 Å². The van der Waals surface area contributed by atoms with Gasteiger partial charge in [0, 0.05) is 11.4 Å². The van der Waals surface area contributed by atoms with Gasteiger partial charge in [-0.2, -0.15) is 0 Å². The van der Waals surface area contributed by atoms with Gasteiger partial charge in [-0.25, -0.2) is 8.42 Å². The molecule has 2 heterocycles. The molecule has 0 unspecified atom stereocenters. The van der Waals surface area contributed by atoms with E-state index in [4.69, 9.17) is 4.99 Å². The molecule has 4 rings (SSSR count). The van der Waals surface area contributed by atoms with E-state index in [0.717, 1.165) is 22.2 Å². The molecule has 142 valence electrons. The molecule has 2 aromatic carbocycles. The van der Waals surface area contributed by atoms with Gasteiger partial charge in [-0.05, 0) is 43.5 Å². The highest BCUT2D eigenvalue weighted by Gasteiger charge is 2.47. The number of sulfone groups is 1. The molecule has 2 aromatic rings. The number of anilines is 1. The van der Waals surface area contributed by atoms with Gasteiger partial charge in [0.15, 0.2) is 15.0 Å². The Hall–Kier alpha value is -1.79. The fourth-order valence-electron chi connectivity index (χ4n) is 3.73. The first-order valence-electron chi connectivity index (χ1n) is 9.15. The number of benzene rings is 2. The van der Waals surface area contributed by atoms with E-state index in [1.807, 2.05) is 0 Å². The molecule has 6 heteroatoms. The molecule has 0 amide bonds. The lowest BCUT2D eigenvalue weighted by atomic mass is 10.1. The standard InChI is InChI=1S/C21H24N2O2S2/c1-14-5-8-17(9-6-14)11-26-21-22-18-12-27(24,25)13-20(18)23(21)19-10-15(2)4-7-16(19)3/h4-10,18,20H,11-13H2,1-3H3/t18-,20-/m0/s1. The van der Waals surface area contributed by atoms with Crippen molar-refractivity contribution in [1.29, 1.82) is 0 Å². The molecule has 2 aliphatic rings. The number of fused-ring (bicyclic) bond motifs is 1. The second-order valence-corrected chi connectivity index (χ2v) is 10.7. The van der Waals surface area contributed by atoms with Gasteiger partial charge in [0.1, 0.15) is 0 Å². The summed E-state index contributed by atoms with van der Waals surface area (Å²) in [6.45, 7) is 6.23. The zero-order chi connectivity index (χ0) is 19.2. The van der Waals surface area contributed by atoms with E-state index < -0.39 is 9.84 Å². The summed E-state index contributed by atoms with van der Waals surface area (Å²) in [7, 11) is -3.02. The summed E-state index contributed by atoms with van der Waals surface area (Å²) in [5.74, 6) is 1.17. The van der Waals surface area contributed by atoms with E-state index in [0.29, 0.717) is 0 Å². The Labute approximate surface area is 165 Å². The maximum Gasteiger partial charge on any atom is 0.164 e. The fraction of sp³-hybridized carbons (Fsp3) is 0.381. The van der Waals surface area contributed by atoms with Crippen LogP contribution in [-0.2, 0) is 15.6 Å². The maximum absolute atomic E-state index is 12.2. The quantitative estimate of drug-likeness (QED) is 0.784. The number of hydrogen-bond acceptors (Lipinski definition) is 5. The van der Waals surface area contributed by atoms with Crippen molar-refractivity contribution in [2.24, 2.45) is 4.99 Å². The van der Waals surface area contributed by atoms with Gasteiger partial charge < -0.3 is 4.90 Å². The molecule has 1 saturated heterocycles. The average molecular weight is 401 g/mol. The zero-order valence-corrected chi connectivity index (χ0v) is 17.5.